The fraction of sp³-hybridized carbons (Fsp3) is 0.453. The number of benzene rings is 4. The van der Waals surface area contributed by atoms with Crippen LogP contribution in [0.5, 0.6) is 23.0 Å². The molecule has 5 amide bonds. The molecule has 3 atom stereocenters. The molecular weight excluding hydrogens is 1200 g/mol. The van der Waals surface area contributed by atoms with Crippen LogP contribution in [-0.2, 0) is 57.3 Å². The zero-order valence-electron chi connectivity index (χ0n) is 50.1. The largest absolute Gasteiger partial charge is 0.493 e. The number of unbranched alkanes of at least 4 members (excludes halogenated alkanes) is 2. The number of amides is 5. The molecule has 0 radical (unpaired) electrons. The maximum atomic E-state index is 14.3. The standard InChI is InChI=1S/C64H73F3N6O14S2/c1-41(2)57(73-38-46-12-6-7-13-49(46)60(73)76)62(78)72-39-48(74)36-51(72)59(75)69-37-45-16-15-44(58-42(3)70-40-88-58)34-54(45)86-31-30-85-29-27-83-24-11-9-22-81-21-8-10-23-82-26-28-84-25-20-71-61(77)56(89-63(71)79)33-43-14-18-53(55(32-43)80-5)87-52-19-17-47(68-4)35-50(52)64(65,66)67/h6-7,12-19,32-35,40-41,48,51,57,74H,8-11,20-31,36-39H2,1-3,5H3,(H,69,75)/b56-33-/t48-,51+,57+/m1/s1. The number of methoxy groups -OCH3 is 1. The first-order valence-corrected chi connectivity index (χ1v) is 31.0. The van der Waals surface area contributed by atoms with Gasteiger partial charge in [-0.2, -0.15) is 13.2 Å². The van der Waals surface area contributed by atoms with Crippen LogP contribution in [0.15, 0.2) is 89.3 Å². The first-order chi connectivity index (χ1) is 42.9. The lowest BCUT2D eigenvalue weighted by Gasteiger charge is -2.35. The van der Waals surface area contributed by atoms with Crippen molar-refractivity contribution in [3.63, 3.8) is 0 Å². The molecule has 1 aromatic heterocycles. The number of thiazole rings is 1. The van der Waals surface area contributed by atoms with Crippen molar-refractivity contribution in [3.05, 3.63) is 134 Å². The highest BCUT2D eigenvalue weighted by Crippen LogP contribution is 2.43. The normalized spacial score (nSPS) is 16.6. The molecule has 20 nitrogen and oxygen atoms in total. The molecule has 2 N–H and O–H groups in total. The zero-order valence-corrected chi connectivity index (χ0v) is 51.7. The first kappa shape index (κ1) is 67.5. The van der Waals surface area contributed by atoms with E-state index >= 15 is 0 Å². The molecule has 4 aromatic carbocycles. The van der Waals surface area contributed by atoms with Gasteiger partial charge in [-0.05, 0) is 109 Å². The van der Waals surface area contributed by atoms with E-state index in [2.05, 4.69) is 15.1 Å². The Kier molecular flexibility index (Phi) is 25.0. The number of nitrogens with one attached hydrogen (secondary N) is 1. The molecule has 25 heteroatoms. The quantitative estimate of drug-likeness (QED) is 0.0222. The minimum atomic E-state index is -4.77. The van der Waals surface area contributed by atoms with Gasteiger partial charge in [-0.15, -0.1) is 11.3 Å². The summed E-state index contributed by atoms with van der Waals surface area (Å²) >= 11 is 2.27. The maximum Gasteiger partial charge on any atom is 0.418 e. The number of rotatable bonds is 34. The van der Waals surface area contributed by atoms with E-state index in [1.54, 1.807) is 22.5 Å². The van der Waals surface area contributed by atoms with Gasteiger partial charge in [0.2, 0.25) is 11.8 Å². The Morgan fingerprint density at radius 3 is 2.12 bits per heavy atom. The first-order valence-electron chi connectivity index (χ1n) is 29.4. The number of β-amino-alcohol motifs (C(OH)–C–C–N with tert-alkyl or cyclic N) is 1. The topological polar surface area (TPSA) is 218 Å². The number of fused-ring (bicyclic) bond motifs is 1. The molecule has 0 unspecified atom stereocenters. The van der Waals surface area contributed by atoms with E-state index in [9.17, 15) is 42.3 Å². The molecule has 0 aliphatic carbocycles. The third-order valence-electron chi connectivity index (χ3n) is 14.8. The van der Waals surface area contributed by atoms with Gasteiger partial charge in [0.15, 0.2) is 17.2 Å². The highest BCUT2D eigenvalue weighted by atomic mass is 32.2. The van der Waals surface area contributed by atoms with Crippen LogP contribution in [0.25, 0.3) is 21.4 Å². The number of imide groups is 1. The molecule has 89 heavy (non-hydrogen) atoms. The number of carbonyl (C=O) groups is 5. The number of halogens is 3. The zero-order chi connectivity index (χ0) is 63.5. The monoisotopic (exact) mass is 1270 g/mol. The highest BCUT2D eigenvalue weighted by Gasteiger charge is 2.46. The lowest BCUT2D eigenvalue weighted by molar-refractivity contribution is -0.143. The lowest BCUT2D eigenvalue weighted by Crippen LogP contribution is -2.55. The van der Waals surface area contributed by atoms with Gasteiger partial charge < -0.3 is 58.1 Å². The molecule has 0 bridgehead atoms. The number of aliphatic hydroxyl groups is 1. The number of aryl methyl sites for hydroxylation is 1. The van der Waals surface area contributed by atoms with Gasteiger partial charge in [0, 0.05) is 63.6 Å². The number of hydrogen-bond donors (Lipinski definition) is 2. The Morgan fingerprint density at radius 2 is 1.47 bits per heavy atom. The van der Waals surface area contributed by atoms with Crippen molar-refractivity contribution in [3.8, 4) is 33.4 Å². The summed E-state index contributed by atoms with van der Waals surface area (Å²) in [5, 5.41) is 13.3. The minimum Gasteiger partial charge on any atom is -0.493 e. The van der Waals surface area contributed by atoms with Crippen LogP contribution in [-0.4, -0.2) is 165 Å². The minimum absolute atomic E-state index is 0.0160. The van der Waals surface area contributed by atoms with Crippen LogP contribution in [0.1, 0.15) is 84.3 Å². The summed E-state index contributed by atoms with van der Waals surface area (Å²) in [6.07, 6.45) is -0.833. The Balaban J connectivity index is 0.646. The number of nitrogens with zero attached hydrogens (tertiary/aromatic N) is 5. The molecule has 476 valence electrons. The van der Waals surface area contributed by atoms with Crippen molar-refractivity contribution in [1.82, 2.24) is 25.0 Å². The van der Waals surface area contributed by atoms with E-state index in [1.165, 1.54) is 53.7 Å². The van der Waals surface area contributed by atoms with E-state index in [1.807, 2.05) is 51.1 Å². The van der Waals surface area contributed by atoms with Gasteiger partial charge in [0.25, 0.3) is 17.1 Å². The second-order valence-electron chi connectivity index (χ2n) is 21.4. The van der Waals surface area contributed by atoms with Crippen molar-refractivity contribution >= 4 is 63.7 Å². The lowest BCUT2D eigenvalue weighted by atomic mass is 10.0. The number of carbonyl (C=O) groups excluding carboxylic acids is 5. The predicted octanol–water partition coefficient (Wildman–Crippen LogP) is 10.5. The SMILES string of the molecule is [C-]#[N+]c1ccc(Oc2ccc(/C=C3\SC(=O)N(CCOCCOCCCCOCCCCOCCOCCOc4cc(-c5scnc5C)ccc4CNC(=O)[C@@H]4C[C@@H](O)CN4C(=O)[C@H](C(C)C)N4Cc5ccccc5C4=O)C3=O)cc2OC)c(C(F)(F)F)c1. The van der Waals surface area contributed by atoms with Gasteiger partial charge in [0.05, 0.1) is 92.5 Å². The van der Waals surface area contributed by atoms with Crippen LogP contribution in [0.3, 0.4) is 0 Å². The molecule has 2 fully saturated rings. The third kappa shape index (κ3) is 18.4. The smallest absolute Gasteiger partial charge is 0.418 e. The predicted molar refractivity (Wildman–Crippen MR) is 327 cm³/mol. The van der Waals surface area contributed by atoms with Crippen LogP contribution in [0.4, 0.5) is 23.7 Å². The molecule has 0 spiro atoms. The molecule has 8 rings (SSSR count). The summed E-state index contributed by atoms with van der Waals surface area (Å²) in [6, 6.07) is 18.7. The van der Waals surface area contributed by atoms with Crippen LogP contribution in [0.2, 0.25) is 0 Å². The summed E-state index contributed by atoms with van der Waals surface area (Å²) < 4.78 is 86.9. The van der Waals surface area contributed by atoms with E-state index in [4.69, 9.17) is 44.5 Å². The highest BCUT2D eigenvalue weighted by molar-refractivity contribution is 8.18. The van der Waals surface area contributed by atoms with Gasteiger partial charge in [-0.3, -0.25) is 28.9 Å². The maximum absolute atomic E-state index is 14.3. The van der Waals surface area contributed by atoms with Crippen LogP contribution in [0, 0.1) is 19.4 Å². The van der Waals surface area contributed by atoms with Crippen LogP contribution < -0.4 is 19.5 Å². The van der Waals surface area contributed by atoms with Gasteiger partial charge in [-0.1, -0.05) is 56.3 Å². The van der Waals surface area contributed by atoms with Crippen molar-refractivity contribution in [2.45, 2.75) is 90.3 Å². The van der Waals surface area contributed by atoms with Crippen LogP contribution >= 0.6 is 23.1 Å². The van der Waals surface area contributed by atoms with E-state index in [0.717, 1.165) is 70.1 Å². The fourth-order valence-electron chi connectivity index (χ4n) is 10.3. The van der Waals surface area contributed by atoms with Gasteiger partial charge in [0.1, 0.15) is 30.2 Å². The van der Waals surface area contributed by atoms with E-state index < -0.39 is 52.7 Å². The number of aromatic nitrogens is 1. The van der Waals surface area contributed by atoms with Crippen molar-refractivity contribution in [2.75, 3.05) is 92.9 Å². The van der Waals surface area contributed by atoms with Gasteiger partial charge in [-0.25, -0.2) is 9.83 Å². The molecule has 3 aliphatic heterocycles. The molecule has 5 aromatic rings. The Hall–Kier alpha value is -7.41. The number of thioether (sulfide) groups is 1. The average molecular weight is 1270 g/mol. The van der Waals surface area contributed by atoms with E-state index in [-0.39, 0.29) is 85.7 Å². The average Bonchev–Trinajstić information content (AvgIpc) is 2.06. The number of alkyl halides is 3. The molecule has 3 aliphatic rings. The van der Waals surface area contributed by atoms with Crippen molar-refractivity contribution in [2.24, 2.45) is 5.92 Å². The molecular formula is C64H73F3N6O14S2. The third-order valence-corrected chi connectivity index (χ3v) is 16.7. The second kappa shape index (κ2) is 32.9. The molecule has 0 saturated carbocycles. The Morgan fingerprint density at radius 1 is 0.809 bits per heavy atom. The summed E-state index contributed by atoms with van der Waals surface area (Å²) in [5.74, 6) is -1.66. The summed E-state index contributed by atoms with van der Waals surface area (Å²) in [4.78, 5) is 80.1. The van der Waals surface area contributed by atoms with Crippen molar-refractivity contribution < 1.29 is 80.1 Å². The van der Waals surface area contributed by atoms with Gasteiger partial charge >= 0.3 is 6.18 Å². The Bertz CT molecular complexity index is 3340. The molecule has 2 saturated heterocycles. The molecule has 4 heterocycles. The van der Waals surface area contributed by atoms with Crippen molar-refractivity contribution in [1.29, 1.82) is 0 Å². The number of aliphatic hydroxyl groups excluding tert-OH is 1. The summed E-state index contributed by atoms with van der Waals surface area (Å²) in [5.41, 5.74) is 4.85. The number of hydrogen-bond acceptors (Lipinski definition) is 17. The Labute approximate surface area is 523 Å². The fourth-order valence-corrected chi connectivity index (χ4v) is 11.9. The summed E-state index contributed by atoms with van der Waals surface area (Å²) in [7, 11) is 1.31. The number of ether oxygens (including phenoxy) is 8. The number of likely N-dealkylation sites (tertiary alicyclic amines) is 1. The van der Waals surface area contributed by atoms with E-state index in [0.29, 0.717) is 87.9 Å². The summed E-state index contributed by atoms with van der Waals surface area (Å²) in [6.45, 7) is 17.5. The second-order valence-corrected chi connectivity index (χ2v) is 23.3.